The van der Waals surface area contributed by atoms with Crippen molar-refractivity contribution in [3.8, 4) is 11.5 Å². The highest BCUT2D eigenvalue weighted by Crippen LogP contribution is 2.26. The van der Waals surface area contributed by atoms with E-state index in [9.17, 15) is 9.59 Å². The van der Waals surface area contributed by atoms with Gasteiger partial charge < -0.3 is 18.9 Å². The molecule has 0 fully saturated rings. The van der Waals surface area contributed by atoms with Gasteiger partial charge >= 0.3 is 11.9 Å². The van der Waals surface area contributed by atoms with Crippen LogP contribution in [0.1, 0.15) is 19.3 Å². The molecule has 0 spiro atoms. The Hall–Kier alpha value is -1.71. The topological polar surface area (TPSA) is 71.1 Å². The molecule has 2 aromatic heterocycles. The van der Waals surface area contributed by atoms with Crippen molar-refractivity contribution in [2.24, 2.45) is 0 Å². The Morgan fingerprint density at radius 1 is 0.880 bits per heavy atom. The minimum atomic E-state index is -0.386. The normalized spacial score (nSPS) is 10.3. The number of carbonyl (C=O) groups is 2. The molecule has 0 amide bonds. The van der Waals surface area contributed by atoms with Gasteiger partial charge in [-0.1, -0.05) is 0 Å². The zero-order valence-corrected chi connectivity index (χ0v) is 16.3. The summed E-state index contributed by atoms with van der Waals surface area (Å²) in [5.74, 6) is 1.84. The van der Waals surface area contributed by atoms with Crippen molar-refractivity contribution in [3.63, 3.8) is 0 Å². The molecule has 0 atom stereocenters. The van der Waals surface area contributed by atoms with E-state index in [0.29, 0.717) is 34.5 Å². The summed E-state index contributed by atoms with van der Waals surface area (Å²) >= 11 is 4.25. The van der Waals surface area contributed by atoms with Crippen LogP contribution < -0.4 is 9.47 Å². The van der Waals surface area contributed by atoms with Gasteiger partial charge in [0.15, 0.2) is 9.75 Å². The van der Waals surface area contributed by atoms with E-state index >= 15 is 0 Å². The fourth-order valence-electron chi connectivity index (χ4n) is 1.83. The molecule has 0 aliphatic carbocycles. The van der Waals surface area contributed by atoms with Gasteiger partial charge in [-0.05, 0) is 22.9 Å². The molecular weight excluding hydrogens is 384 g/mol. The monoisotopic (exact) mass is 402 g/mol. The number of hydrogen-bond acceptors (Lipinski definition) is 9. The maximum absolute atomic E-state index is 11.5. The van der Waals surface area contributed by atoms with Crippen molar-refractivity contribution < 1.29 is 28.5 Å². The van der Waals surface area contributed by atoms with E-state index in [1.54, 1.807) is 34.7 Å². The van der Waals surface area contributed by atoms with Crippen LogP contribution in [0.3, 0.4) is 0 Å². The molecule has 6 nitrogen and oxygen atoms in total. The number of thioether (sulfide) groups is 1. The summed E-state index contributed by atoms with van der Waals surface area (Å²) in [6.07, 6.45) is 0. The Labute approximate surface area is 158 Å². The van der Waals surface area contributed by atoms with Gasteiger partial charge in [0.05, 0.1) is 27.4 Å². The van der Waals surface area contributed by atoms with Crippen LogP contribution in [-0.4, -0.2) is 50.9 Å². The van der Waals surface area contributed by atoms with Gasteiger partial charge in [-0.15, -0.1) is 22.7 Å². The van der Waals surface area contributed by atoms with Gasteiger partial charge in [0.1, 0.15) is 11.5 Å². The number of carbonyl (C=O) groups excluding carboxylic acids is 2. The highest BCUT2D eigenvalue weighted by Gasteiger charge is 2.15. The predicted molar refractivity (Wildman–Crippen MR) is 99.6 cm³/mol. The number of thiophene rings is 2. The number of esters is 2. The third kappa shape index (κ3) is 5.65. The number of ether oxygens (including phenoxy) is 4. The Morgan fingerprint density at radius 2 is 1.32 bits per heavy atom. The van der Waals surface area contributed by atoms with Gasteiger partial charge in [0.2, 0.25) is 0 Å². The Bertz CT molecular complexity index is 635. The number of hydrogen-bond donors (Lipinski definition) is 0. The first kappa shape index (κ1) is 19.6. The van der Waals surface area contributed by atoms with E-state index in [0.717, 1.165) is 11.5 Å². The predicted octanol–water partition coefficient (Wildman–Crippen LogP) is 3.57. The molecule has 0 aliphatic heterocycles. The quantitative estimate of drug-likeness (QED) is 0.444. The molecular formula is C16H18O6S3. The van der Waals surface area contributed by atoms with Crippen LogP contribution in [0.5, 0.6) is 11.5 Å². The summed E-state index contributed by atoms with van der Waals surface area (Å²) in [6, 6.07) is 3.52. The van der Waals surface area contributed by atoms with E-state index in [1.165, 1.54) is 36.9 Å². The van der Waals surface area contributed by atoms with E-state index in [1.807, 2.05) is 0 Å². The second-order valence-electron chi connectivity index (χ2n) is 4.52. The van der Waals surface area contributed by atoms with E-state index in [4.69, 9.17) is 18.9 Å². The Morgan fingerprint density at radius 3 is 1.72 bits per heavy atom. The molecule has 0 bridgehead atoms. The second-order valence-corrected chi connectivity index (χ2v) is 7.58. The molecule has 2 heterocycles. The van der Waals surface area contributed by atoms with Crippen LogP contribution in [0.25, 0.3) is 0 Å². The van der Waals surface area contributed by atoms with Gasteiger partial charge in [-0.3, -0.25) is 0 Å². The molecule has 136 valence electrons. The second kappa shape index (κ2) is 10.3. The fraction of sp³-hybridized carbons (Fsp3) is 0.375. The number of methoxy groups -OCH3 is 2. The standard InChI is InChI=1S/C16H18O6S3/c1-19-15(17)13-11(3-7-24-13)21-5-9-23-10-6-22-12-4-8-25-14(12)16(18)20-2/h3-4,7-8H,5-6,9-10H2,1-2H3. The third-order valence-corrected chi connectivity index (χ3v) is 5.63. The van der Waals surface area contributed by atoms with Gasteiger partial charge in [0, 0.05) is 11.5 Å². The average Bonchev–Trinajstić information content (AvgIpc) is 3.28. The van der Waals surface area contributed by atoms with Crippen LogP contribution in [0, 0.1) is 0 Å². The lowest BCUT2D eigenvalue weighted by Crippen LogP contribution is -2.08. The van der Waals surface area contributed by atoms with Crippen molar-refractivity contribution >= 4 is 46.4 Å². The molecule has 0 aromatic carbocycles. The fourth-order valence-corrected chi connectivity index (χ4v) is 3.94. The Balaban J connectivity index is 1.63. The minimum Gasteiger partial charge on any atom is -0.491 e. The van der Waals surface area contributed by atoms with Crippen LogP contribution in [-0.2, 0) is 9.47 Å². The van der Waals surface area contributed by atoms with Crippen molar-refractivity contribution in [3.05, 3.63) is 32.6 Å². The molecule has 0 unspecified atom stereocenters. The summed E-state index contributed by atoms with van der Waals surface area (Å²) in [4.78, 5) is 24.0. The molecule has 25 heavy (non-hydrogen) atoms. The molecule has 0 radical (unpaired) electrons. The summed E-state index contributed by atoms with van der Waals surface area (Å²) in [7, 11) is 2.70. The molecule has 0 aliphatic rings. The summed E-state index contributed by atoms with van der Waals surface area (Å²) in [6.45, 7) is 0.967. The van der Waals surface area contributed by atoms with Gasteiger partial charge in [0.25, 0.3) is 0 Å². The van der Waals surface area contributed by atoms with Gasteiger partial charge in [-0.2, -0.15) is 11.8 Å². The molecule has 2 rings (SSSR count). The van der Waals surface area contributed by atoms with Crippen molar-refractivity contribution in [2.45, 2.75) is 0 Å². The van der Waals surface area contributed by atoms with Crippen LogP contribution >= 0.6 is 34.4 Å². The zero-order chi connectivity index (χ0) is 18.1. The van der Waals surface area contributed by atoms with Crippen LogP contribution in [0.2, 0.25) is 0 Å². The molecule has 0 N–H and O–H groups in total. The third-order valence-electron chi connectivity index (χ3n) is 2.97. The van der Waals surface area contributed by atoms with Gasteiger partial charge in [-0.25, -0.2) is 9.59 Å². The smallest absolute Gasteiger partial charge is 0.351 e. The van der Waals surface area contributed by atoms with Crippen LogP contribution in [0.4, 0.5) is 0 Å². The molecule has 0 saturated heterocycles. The first-order valence-electron chi connectivity index (χ1n) is 7.32. The summed E-state index contributed by atoms with van der Waals surface area (Å²) in [5.41, 5.74) is 0. The first-order chi connectivity index (χ1) is 12.2. The van der Waals surface area contributed by atoms with E-state index in [2.05, 4.69) is 0 Å². The summed E-state index contributed by atoms with van der Waals surface area (Å²) < 4.78 is 20.6. The van der Waals surface area contributed by atoms with Crippen molar-refractivity contribution in [1.29, 1.82) is 0 Å². The van der Waals surface area contributed by atoms with Crippen molar-refractivity contribution in [1.82, 2.24) is 0 Å². The Kier molecular flexibility index (Phi) is 8.10. The van der Waals surface area contributed by atoms with E-state index in [-0.39, 0.29) is 11.9 Å². The molecule has 0 saturated carbocycles. The lowest BCUT2D eigenvalue weighted by molar-refractivity contribution is 0.0593. The maximum atomic E-state index is 11.5. The lowest BCUT2D eigenvalue weighted by atomic mass is 10.4. The largest absolute Gasteiger partial charge is 0.491 e. The summed E-state index contributed by atoms with van der Waals surface area (Å²) in [5, 5.41) is 3.59. The minimum absolute atomic E-state index is 0.386. The van der Waals surface area contributed by atoms with Crippen molar-refractivity contribution in [2.75, 3.05) is 38.9 Å². The lowest BCUT2D eigenvalue weighted by Gasteiger charge is -2.07. The molecule has 9 heteroatoms. The number of rotatable bonds is 10. The highest BCUT2D eigenvalue weighted by atomic mass is 32.2. The van der Waals surface area contributed by atoms with Crippen LogP contribution in [0.15, 0.2) is 22.9 Å². The first-order valence-corrected chi connectivity index (χ1v) is 10.2. The zero-order valence-electron chi connectivity index (χ0n) is 13.8. The molecule has 2 aromatic rings. The highest BCUT2D eigenvalue weighted by molar-refractivity contribution is 7.99. The average molecular weight is 403 g/mol. The maximum Gasteiger partial charge on any atom is 0.351 e. The van der Waals surface area contributed by atoms with E-state index < -0.39 is 0 Å². The SMILES string of the molecule is COC(=O)c1sccc1OCCSCCOc1ccsc1C(=O)OC.